The van der Waals surface area contributed by atoms with Gasteiger partial charge < -0.3 is 10.2 Å². The summed E-state index contributed by atoms with van der Waals surface area (Å²) in [7, 11) is 0. The number of halogens is 1. The Morgan fingerprint density at radius 3 is 2.57 bits per heavy atom. The normalized spacial score (nSPS) is 16.6. The first kappa shape index (κ1) is 19.8. The van der Waals surface area contributed by atoms with Crippen molar-refractivity contribution in [2.45, 2.75) is 6.42 Å². The van der Waals surface area contributed by atoms with E-state index in [1.165, 1.54) is 6.07 Å². The highest BCUT2D eigenvalue weighted by Crippen LogP contribution is 2.24. The summed E-state index contributed by atoms with van der Waals surface area (Å²) in [5.74, 6) is -0.868. The number of amides is 2. The number of benzene rings is 2. The summed E-state index contributed by atoms with van der Waals surface area (Å²) >= 11 is 0. The van der Waals surface area contributed by atoms with Crippen LogP contribution in [0.2, 0.25) is 0 Å². The van der Waals surface area contributed by atoms with Gasteiger partial charge in [-0.05, 0) is 35.7 Å². The van der Waals surface area contributed by atoms with E-state index in [0.29, 0.717) is 37.3 Å². The van der Waals surface area contributed by atoms with Gasteiger partial charge in [0.2, 0.25) is 5.91 Å². The first-order chi connectivity index (χ1) is 14.6. The van der Waals surface area contributed by atoms with Crippen LogP contribution in [0.25, 0.3) is 11.1 Å². The van der Waals surface area contributed by atoms with Crippen molar-refractivity contribution in [2.75, 3.05) is 19.6 Å². The number of pyridine rings is 1. The molecule has 1 aliphatic heterocycles. The zero-order valence-electron chi connectivity index (χ0n) is 16.4. The molecule has 1 saturated heterocycles. The molecular formula is C24H22FN3O2. The number of hydrogen-bond donors (Lipinski definition) is 1. The summed E-state index contributed by atoms with van der Waals surface area (Å²) in [4.78, 5) is 31.1. The number of nitrogens with zero attached hydrogens (tertiary/aromatic N) is 2. The molecule has 0 spiro atoms. The predicted octanol–water partition coefficient (Wildman–Crippen LogP) is 3.32. The van der Waals surface area contributed by atoms with Crippen LogP contribution in [0.4, 0.5) is 4.39 Å². The third-order valence-electron chi connectivity index (χ3n) is 5.28. The molecule has 3 aromatic rings. The molecule has 5 nitrogen and oxygen atoms in total. The highest BCUT2D eigenvalue weighted by atomic mass is 19.1. The van der Waals surface area contributed by atoms with Crippen LogP contribution in [0.15, 0.2) is 72.9 Å². The summed E-state index contributed by atoms with van der Waals surface area (Å²) < 4.78 is 14.0. The third kappa shape index (κ3) is 4.38. The average Bonchev–Trinajstić information content (AvgIpc) is 2.96. The van der Waals surface area contributed by atoms with Gasteiger partial charge in [-0.1, -0.05) is 48.5 Å². The molecule has 1 aliphatic rings. The molecule has 0 aliphatic carbocycles. The average molecular weight is 403 g/mol. The first-order valence-electron chi connectivity index (χ1n) is 9.93. The van der Waals surface area contributed by atoms with Gasteiger partial charge in [0.25, 0.3) is 5.91 Å². The van der Waals surface area contributed by atoms with Gasteiger partial charge in [0.05, 0.1) is 5.92 Å². The van der Waals surface area contributed by atoms with Crippen molar-refractivity contribution in [1.82, 2.24) is 15.2 Å². The SMILES string of the molecule is O=C1NCCN(C(=O)c2ccccn2)C[C@H]1Cc1ccc(-c2ccccc2F)cc1. The summed E-state index contributed by atoms with van der Waals surface area (Å²) in [6, 6.07) is 19.4. The molecular weight excluding hydrogens is 381 g/mol. The molecule has 1 fully saturated rings. The second-order valence-corrected chi connectivity index (χ2v) is 7.33. The van der Waals surface area contributed by atoms with Crippen LogP contribution < -0.4 is 5.32 Å². The standard InChI is InChI=1S/C24H22FN3O2/c25-21-6-2-1-5-20(21)18-10-8-17(9-11-18)15-19-16-28(14-13-27-23(19)29)24(30)22-7-3-4-12-26-22/h1-12,19H,13-16H2,(H,27,29)/t19-/m1/s1. The maximum absolute atomic E-state index is 14.0. The van der Waals surface area contributed by atoms with Crippen LogP contribution in [0.5, 0.6) is 0 Å². The molecule has 0 unspecified atom stereocenters. The van der Waals surface area contributed by atoms with Gasteiger partial charge in [0.15, 0.2) is 0 Å². The monoisotopic (exact) mass is 403 g/mol. The Bertz CT molecular complexity index is 1040. The molecule has 2 aromatic carbocycles. The highest BCUT2D eigenvalue weighted by Gasteiger charge is 2.28. The molecule has 0 radical (unpaired) electrons. The van der Waals surface area contributed by atoms with Crippen LogP contribution in [-0.2, 0) is 11.2 Å². The Morgan fingerprint density at radius 2 is 1.83 bits per heavy atom. The number of rotatable bonds is 4. The van der Waals surface area contributed by atoms with E-state index in [-0.39, 0.29) is 23.5 Å². The molecule has 2 amide bonds. The Morgan fingerprint density at radius 1 is 1.07 bits per heavy atom. The molecule has 0 bridgehead atoms. The van der Waals surface area contributed by atoms with E-state index >= 15 is 0 Å². The quantitative estimate of drug-likeness (QED) is 0.727. The number of aromatic nitrogens is 1. The van der Waals surface area contributed by atoms with E-state index in [2.05, 4.69) is 10.3 Å². The topological polar surface area (TPSA) is 62.3 Å². The molecule has 1 aromatic heterocycles. The Hall–Kier alpha value is -3.54. The van der Waals surface area contributed by atoms with E-state index < -0.39 is 0 Å². The van der Waals surface area contributed by atoms with E-state index in [4.69, 9.17) is 0 Å². The van der Waals surface area contributed by atoms with Crippen LogP contribution >= 0.6 is 0 Å². The van der Waals surface area contributed by atoms with Gasteiger partial charge in [-0.2, -0.15) is 0 Å². The fourth-order valence-corrected chi connectivity index (χ4v) is 3.69. The van der Waals surface area contributed by atoms with Crippen LogP contribution in [0.1, 0.15) is 16.1 Å². The minimum atomic E-state index is -0.362. The smallest absolute Gasteiger partial charge is 0.272 e. The number of carbonyl (C=O) groups excluding carboxylic acids is 2. The molecule has 4 rings (SSSR count). The van der Waals surface area contributed by atoms with Crippen molar-refractivity contribution in [2.24, 2.45) is 5.92 Å². The number of nitrogens with one attached hydrogen (secondary N) is 1. The molecule has 30 heavy (non-hydrogen) atoms. The molecule has 6 heteroatoms. The van der Waals surface area contributed by atoms with Gasteiger partial charge in [-0.25, -0.2) is 4.39 Å². The van der Waals surface area contributed by atoms with Crippen molar-refractivity contribution in [3.8, 4) is 11.1 Å². The van der Waals surface area contributed by atoms with Crippen LogP contribution in [0.3, 0.4) is 0 Å². The maximum atomic E-state index is 14.0. The van der Waals surface area contributed by atoms with E-state index in [1.54, 1.807) is 47.5 Å². The first-order valence-corrected chi connectivity index (χ1v) is 9.93. The van der Waals surface area contributed by atoms with Crippen molar-refractivity contribution in [3.63, 3.8) is 0 Å². The third-order valence-corrected chi connectivity index (χ3v) is 5.28. The predicted molar refractivity (Wildman–Crippen MR) is 112 cm³/mol. The highest BCUT2D eigenvalue weighted by molar-refractivity contribution is 5.93. The van der Waals surface area contributed by atoms with Gasteiger partial charge in [-0.15, -0.1) is 0 Å². The lowest BCUT2D eigenvalue weighted by molar-refractivity contribution is -0.124. The summed E-state index contributed by atoms with van der Waals surface area (Å²) in [6.45, 7) is 1.19. The van der Waals surface area contributed by atoms with Crippen molar-refractivity contribution in [3.05, 3.63) is 90.0 Å². The molecule has 2 heterocycles. The second kappa shape index (κ2) is 8.86. The lowest BCUT2D eigenvalue weighted by Crippen LogP contribution is -2.37. The zero-order valence-corrected chi connectivity index (χ0v) is 16.4. The lowest BCUT2D eigenvalue weighted by atomic mass is 9.96. The Labute approximate surface area is 174 Å². The molecule has 152 valence electrons. The fraction of sp³-hybridized carbons (Fsp3) is 0.208. The minimum Gasteiger partial charge on any atom is -0.354 e. The fourth-order valence-electron chi connectivity index (χ4n) is 3.69. The number of carbonyl (C=O) groups is 2. The minimum absolute atomic E-state index is 0.0653. The van der Waals surface area contributed by atoms with Crippen LogP contribution in [0, 0.1) is 11.7 Å². The zero-order chi connectivity index (χ0) is 20.9. The molecule has 1 N–H and O–H groups in total. The molecule has 0 saturated carbocycles. The van der Waals surface area contributed by atoms with Crippen LogP contribution in [-0.4, -0.2) is 41.3 Å². The Kier molecular flexibility index (Phi) is 5.84. The van der Waals surface area contributed by atoms with Crippen molar-refractivity contribution in [1.29, 1.82) is 0 Å². The molecule has 1 atom stereocenters. The maximum Gasteiger partial charge on any atom is 0.272 e. The second-order valence-electron chi connectivity index (χ2n) is 7.33. The van der Waals surface area contributed by atoms with E-state index in [1.807, 2.05) is 24.3 Å². The largest absolute Gasteiger partial charge is 0.354 e. The lowest BCUT2D eigenvalue weighted by Gasteiger charge is -2.23. The summed E-state index contributed by atoms with van der Waals surface area (Å²) in [5.41, 5.74) is 2.67. The van der Waals surface area contributed by atoms with E-state index in [9.17, 15) is 14.0 Å². The van der Waals surface area contributed by atoms with Crippen molar-refractivity contribution >= 4 is 11.8 Å². The van der Waals surface area contributed by atoms with Gasteiger partial charge in [-0.3, -0.25) is 14.6 Å². The van der Waals surface area contributed by atoms with Gasteiger partial charge in [0, 0.05) is 31.4 Å². The van der Waals surface area contributed by atoms with Crippen molar-refractivity contribution < 1.29 is 14.0 Å². The number of hydrogen-bond acceptors (Lipinski definition) is 3. The van der Waals surface area contributed by atoms with E-state index in [0.717, 1.165) is 11.1 Å². The van der Waals surface area contributed by atoms with Gasteiger partial charge >= 0.3 is 0 Å². The summed E-state index contributed by atoms with van der Waals surface area (Å²) in [5, 5.41) is 2.89. The Balaban J connectivity index is 1.49. The van der Waals surface area contributed by atoms with Gasteiger partial charge in [0.1, 0.15) is 11.5 Å². The summed E-state index contributed by atoms with van der Waals surface area (Å²) in [6.07, 6.45) is 2.08.